The number of nitrogens with one attached hydrogen (secondary N) is 2. The minimum Gasteiger partial charge on any atom is -0.481 e. The van der Waals surface area contributed by atoms with Crippen molar-refractivity contribution >= 4 is 35.3 Å². The van der Waals surface area contributed by atoms with Gasteiger partial charge in [0.05, 0.1) is 18.9 Å². The predicted octanol–water partition coefficient (Wildman–Crippen LogP) is 3.63. The van der Waals surface area contributed by atoms with Crippen LogP contribution in [-0.4, -0.2) is 81.5 Å². The Balaban J connectivity index is 1.12. The largest absolute Gasteiger partial charge is 0.481 e. The predicted molar refractivity (Wildman–Crippen MR) is 189 cm³/mol. The van der Waals surface area contributed by atoms with Gasteiger partial charge in [0.15, 0.2) is 12.4 Å². The fourth-order valence-corrected chi connectivity index (χ4v) is 10.1. The number of carboxylic acid groups (broad SMARTS) is 1. The van der Waals surface area contributed by atoms with Gasteiger partial charge in [-0.05, 0) is 79.3 Å². The van der Waals surface area contributed by atoms with Gasteiger partial charge in [0.25, 0.3) is 0 Å². The molecule has 4 aliphatic rings. The third-order valence-corrected chi connectivity index (χ3v) is 12.9. The van der Waals surface area contributed by atoms with Crippen molar-refractivity contribution in [3.05, 3.63) is 47.5 Å². The Morgan fingerprint density at radius 2 is 1.71 bits per heavy atom. The second kappa shape index (κ2) is 15.6. The van der Waals surface area contributed by atoms with Crippen LogP contribution in [0, 0.1) is 34.5 Å². The topological polar surface area (TPSA) is 196 Å². The molecule has 4 aliphatic carbocycles. The lowest BCUT2D eigenvalue weighted by molar-refractivity contribution is -0.184. The first-order chi connectivity index (χ1) is 24.5. The Bertz CT molecular complexity index is 1590. The maximum absolute atomic E-state index is 13.6. The van der Waals surface area contributed by atoms with Gasteiger partial charge >= 0.3 is 11.9 Å². The van der Waals surface area contributed by atoms with E-state index in [-0.39, 0.29) is 73.5 Å². The van der Waals surface area contributed by atoms with Crippen molar-refractivity contribution in [1.29, 1.82) is 0 Å². The Morgan fingerprint density at radius 3 is 2.38 bits per heavy atom. The lowest BCUT2D eigenvalue weighted by Crippen LogP contribution is -2.62. The Hall–Kier alpha value is -3.90. The number of ketones is 2. The van der Waals surface area contributed by atoms with Crippen molar-refractivity contribution < 1.29 is 48.8 Å². The summed E-state index contributed by atoms with van der Waals surface area (Å²) >= 11 is 0. The van der Waals surface area contributed by atoms with Crippen molar-refractivity contribution in [2.75, 3.05) is 13.2 Å². The second-order valence-corrected chi connectivity index (χ2v) is 16.3. The number of aliphatic hydroxyl groups excluding tert-OH is 1. The molecule has 0 heterocycles. The van der Waals surface area contributed by atoms with Crippen LogP contribution >= 0.6 is 0 Å². The molecule has 0 spiro atoms. The van der Waals surface area contributed by atoms with Crippen LogP contribution in [0.2, 0.25) is 0 Å². The molecule has 5 rings (SSSR count). The fraction of sp³-hybridized carbons (Fsp3) is 0.650. The molecule has 2 unspecified atom stereocenters. The van der Waals surface area contributed by atoms with Gasteiger partial charge in [0.1, 0.15) is 11.6 Å². The van der Waals surface area contributed by atoms with E-state index in [1.54, 1.807) is 44.2 Å². The summed E-state index contributed by atoms with van der Waals surface area (Å²) < 4.78 is 5.27. The van der Waals surface area contributed by atoms with E-state index in [1.807, 2.05) is 13.0 Å². The minimum absolute atomic E-state index is 0.0160. The van der Waals surface area contributed by atoms with Gasteiger partial charge in [-0.25, -0.2) is 0 Å². The number of carboxylic acids is 1. The summed E-state index contributed by atoms with van der Waals surface area (Å²) in [5.41, 5.74) is -1.13. The zero-order chi connectivity index (χ0) is 38.0. The number of carbonyl (C=O) groups excluding carboxylic acids is 5. The van der Waals surface area contributed by atoms with E-state index in [4.69, 9.17) is 4.74 Å². The molecule has 3 fully saturated rings. The summed E-state index contributed by atoms with van der Waals surface area (Å²) in [5, 5.41) is 38.3. The van der Waals surface area contributed by atoms with Gasteiger partial charge in [0, 0.05) is 30.7 Å². The first kappa shape index (κ1) is 39.3. The zero-order valence-electron chi connectivity index (χ0n) is 30.7. The van der Waals surface area contributed by atoms with Crippen LogP contribution in [0.25, 0.3) is 0 Å². The average Bonchev–Trinajstić information content (AvgIpc) is 3.37. The van der Waals surface area contributed by atoms with Crippen molar-refractivity contribution in [2.45, 2.75) is 116 Å². The fourth-order valence-electron chi connectivity index (χ4n) is 10.1. The van der Waals surface area contributed by atoms with Gasteiger partial charge in [-0.15, -0.1) is 0 Å². The first-order valence-electron chi connectivity index (χ1n) is 18.7. The van der Waals surface area contributed by atoms with Crippen LogP contribution in [0.5, 0.6) is 0 Å². The number of benzene rings is 1. The van der Waals surface area contributed by atoms with E-state index in [9.17, 15) is 44.1 Å². The number of aliphatic carboxylic acids is 1. The lowest BCUT2D eigenvalue weighted by Gasteiger charge is -2.60. The van der Waals surface area contributed by atoms with E-state index in [1.165, 1.54) is 0 Å². The first-order valence-corrected chi connectivity index (χ1v) is 18.7. The van der Waals surface area contributed by atoms with Crippen molar-refractivity contribution in [1.82, 2.24) is 10.6 Å². The van der Waals surface area contributed by atoms with E-state index >= 15 is 0 Å². The highest BCUT2D eigenvalue weighted by atomic mass is 16.5. The highest BCUT2D eigenvalue weighted by Gasteiger charge is 2.68. The molecule has 3 saturated carbocycles. The van der Waals surface area contributed by atoms with Gasteiger partial charge in [0.2, 0.25) is 17.6 Å². The summed E-state index contributed by atoms with van der Waals surface area (Å²) in [6.45, 7) is 6.90. The molecule has 0 aromatic heterocycles. The molecular formula is C40H54N2O10. The molecule has 0 bridgehead atoms. The number of hydrogen-bond acceptors (Lipinski definition) is 9. The monoisotopic (exact) mass is 722 g/mol. The number of ether oxygens (including phenoxy) is 1. The molecule has 12 heteroatoms. The zero-order valence-corrected chi connectivity index (χ0v) is 30.7. The van der Waals surface area contributed by atoms with Gasteiger partial charge in [-0.2, -0.15) is 0 Å². The number of esters is 1. The summed E-state index contributed by atoms with van der Waals surface area (Å²) in [7, 11) is 0. The molecule has 284 valence electrons. The van der Waals surface area contributed by atoms with Crippen LogP contribution in [0.1, 0.15) is 103 Å². The van der Waals surface area contributed by atoms with E-state index in [0.717, 1.165) is 24.0 Å². The number of rotatable bonds is 14. The third-order valence-electron chi connectivity index (χ3n) is 12.9. The molecule has 0 saturated heterocycles. The van der Waals surface area contributed by atoms with Gasteiger partial charge < -0.3 is 30.7 Å². The molecule has 0 radical (unpaired) electrons. The molecule has 9 atom stereocenters. The Kier molecular flexibility index (Phi) is 11.8. The normalized spacial score (nSPS) is 32.0. The number of aliphatic hydroxyl groups is 2. The number of carbonyl (C=O) groups is 6. The number of allylic oxidation sites excluding steroid dienone is 1. The van der Waals surface area contributed by atoms with Crippen LogP contribution in [0.4, 0.5) is 0 Å². The number of hydrogen-bond donors (Lipinski definition) is 5. The van der Waals surface area contributed by atoms with Crippen molar-refractivity contribution in [2.24, 2.45) is 34.5 Å². The van der Waals surface area contributed by atoms with Gasteiger partial charge in [-0.1, -0.05) is 63.6 Å². The standard InChI is InChI=1S/C40H54N2O10/c1-23(2)36(37(50)41-21-25(18-33(47)48)24-8-6-5-7-9-24)42-32(46)12-13-34(49)52-22-31(45)40(51)17-15-29-28-11-10-26-19-27(43)14-16-38(26,3)35(28)30(44)20-39(29,40)4/h5-9,19,23,25,28-30,35-36,44,51H,10-18,20-22H2,1-4H3,(H,41,50)(H,42,46)(H,47,48)/t25?,28-,29-,30-,35+,36?,38-,39-,40-/m0/s1. The SMILES string of the molecule is CC(C)C(NC(=O)CCC(=O)OCC(=O)[C@@]1(O)CC[C@H]2[C@@H]3CCC4=CC(=O)CC[C@]4(C)[C@H]3[C@@H](O)C[C@@]21C)C(=O)NCC(CC(=O)O)c1ccccc1. The van der Waals surface area contributed by atoms with E-state index in [0.29, 0.717) is 19.3 Å². The molecule has 0 aliphatic heterocycles. The minimum atomic E-state index is -1.79. The highest BCUT2D eigenvalue weighted by Crippen LogP contribution is 2.67. The van der Waals surface area contributed by atoms with Crippen LogP contribution < -0.4 is 10.6 Å². The average molecular weight is 723 g/mol. The molecule has 2 amide bonds. The second-order valence-electron chi connectivity index (χ2n) is 16.3. The number of fused-ring (bicyclic) bond motifs is 5. The van der Waals surface area contributed by atoms with Crippen LogP contribution in [0.15, 0.2) is 42.0 Å². The number of Topliss-reactive ketones (excluding diaryl/α,β-unsaturated/α-hetero) is 1. The Morgan fingerprint density at radius 1 is 1.00 bits per heavy atom. The molecule has 12 nitrogen and oxygen atoms in total. The molecule has 1 aromatic rings. The molecule has 5 N–H and O–H groups in total. The summed E-state index contributed by atoms with van der Waals surface area (Å²) in [4.78, 5) is 75.8. The van der Waals surface area contributed by atoms with Crippen molar-refractivity contribution in [3.63, 3.8) is 0 Å². The quantitative estimate of drug-likeness (QED) is 0.177. The lowest BCUT2D eigenvalue weighted by atomic mass is 9.45. The van der Waals surface area contributed by atoms with Crippen LogP contribution in [0.3, 0.4) is 0 Å². The maximum Gasteiger partial charge on any atom is 0.306 e. The van der Waals surface area contributed by atoms with Crippen molar-refractivity contribution in [3.8, 4) is 0 Å². The molecular weight excluding hydrogens is 668 g/mol. The number of amides is 2. The maximum atomic E-state index is 13.6. The summed E-state index contributed by atoms with van der Waals surface area (Å²) in [6, 6.07) is 8.04. The third kappa shape index (κ3) is 7.74. The smallest absolute Gasteiger partial charge is 0.306 e. The molecule has 1 aromatic carbocycles. The summed E-state index contributed by atoms with van der Waals surface area (Å²) in [5.74, 6) is -4.12. The van der Waals surface area contributed by atoms with E-state index < -0.39 is 65.2 Å². The molecule has 52 heavy (non-hydrogen) atoms. The highest BCUT2D eigenvalue weighted by molar-refractivity contribution is 5.93. The van der Waals surface area contributed by atoms with Crippen LogP contribution in [-0.2, 0) is 33.5 Å². The van der Waals surface area contributed by atoms with E-state index in [2.05, 4.69) is 17.6 Å². The Labute approximate surface area is 305 Å². The van der Waals surface area contributed by atoms with Gasteiger partial charge in [-0.3, -0.25) is 28.8 Å². The summed E-state index contributed by atoms with van der Waals surface area (Å²) in [6.07, 6.45) is 3.86.